The lowest BCUT2D eigenvalue weighted by Crippen LogP contribution is -2.14. The highest BCUT2D eigenvalue weighted by atomic mass is 19.1. The van der Waals surface area contributed by atoms with E-state index in [4.69, 9.17) is 0 Å². The van der Waals surface area contributed by atoms with Gasteiger partial charge < -0.3 is 5.32 Å². The average molecular weight is 275 g/mol. The molecular weight excluding hydrogens is 260 g/mol. The third-order valence-corrected chi connectivity index (χ3v) is 2.93. The van der Waals surface area contributed by atoms with E-state index in [0.29, 0.717) is 5.69 Å². The molecule has 0 amide bonds. The van der Waals surface area contributed by atoms with Crippen molar-refractivity contribution in [1.29, 1.82) is 0 Å². The van der Waals surface area contributed by atoms with Gasteiger partial charge in [-0.3, -0.25) is 4.79 Å². The Balaban J connectivity index is 2.23. The molecule has 2 aromatic rings. The summed E-state index contributed by atoms with van der Waals surface area (Å²) in [6, 6.07) is 11.6. The van der Waals surface area contributed by atoms with E-state index in [-0.39, 0.29) is 29.9 Å². The molecule has 0 fully saturated rings. The van der Waals surface area contributed by atoms with Crippen molar-refractivity contribution >= 4 is 11.5 Å². The summed E-state index contributed by atoms with van der Waals surface area (Å²) in [6.07, 6.45) is 0.252. The molecule has 0 radical (unpaired) electrons. The molecule has 104 valence electrons. The number of hydrogen-bond acceptors (Lipinski definition) is 2. The predicted octanol–water partition coefficient (Wildman–Crippen LogP) is 4.10. The fraction of sp³-hybridized carbons (Fsp3) is 0.188. The number of rotatable bonds is 5. The largest absolute Gasteiger partial charge is 0.378 e. The lowest BCUT2D eigenvalue weighted by atomic mass is 10.0. The maximum atomic E-state index is 13.2. The van der Waals surface area contributed by atoms with Crippen molar-refractivity contribution in [2.45, 2.75) is 19.4 Å². The summed E-state index contributed by atoms with van der Waals surface area (Å²) >= 11 is 0. The van der Waals surface area contributed by atoms with Crippen molar-refractivity contribution in [3.05, 3.63) is 65.7 Å². The van der Waals surface area contributed by atoms with Gasteiger partial charge in [0.25, 0.3) is 0 Å². The zero-order valence-corrected chi connectivity index (χ0v) is 11.1. The van der Waals surface area contributed by atoms with Gasteiger partial charge in [0.15, 0.2) is 0 Å². The Morgan fingerprint density at radius 2 is 1.80 bits per heavy atom. The van der Waals surface area contributed by atoms with Crippen molar-refractivity contribution in [3.8, 4) is 0 Å². The minimum atomic E-state index is -0.351. The molecule has 0 heterocycles. The molecule has 2 nitrogen and oxygen atoms in total. The lowest BCUT2D eigenvalue weighted by Gasteiger charge is -2.19. The number of anilines is 1. The van der Waals surface area contributed by atoms with E-state index in [0.717, 1.165) is 5.56 Å². The van der Waals surface area contributed by atoms with E-state index >= 15 is 0 Å². The van der Waals surface area contributed by atoms with E-state index in [9.17, 15) is 13.6 Å². The van der Waals surface area contributed by atoms with Crippen LogP contribution in [0.4, 0.5) is 14.5 Å². The van der Waals surface area contributed by atoms with Crippen LogP contribution in [0.2, 0.25) is 0 Å². The van der Waals surface area contributed by atoms with E-state index < -0.39 is 0 Å². The van der Waals surface area contributed by atoms with Crippen LogP contribution in [0, 0.1) is 11.6 Å². The van der Waals surface area contributed by atoms with Gasteiger partial charge in [-0.25, -0.2) is 8.78 Å². The standard InChI is InChI=1S/C16H15F2NO/c1-11(20)9-16(12-5-7-13(17)8-6-12)19-15-4-2-3-14(18)10-15/h2-8,10,16,19H,9H2,1H3. The molecule has 0 aromatic heterocycles. The summed E-state index contributed by atoms with van der Waals surface area (Å²) in [5, 5.41) is 3.10. The number of Topliss-reactive ketones (excluding diaryl/α,β-unsaturated/α-hetero) is 1. The van der Waals surface area contributed by atoms with Crippen molar-refractivity contribution in [2.75, 3.05) is 5.32 Å². The van der Waals surface area contributed by atoms with Crippen LogP contribution >= 0.6 is 0 Å². The normalized spacial score (nSPS) is 11.9. The number of carbonyl (C=O) groups is 1. The molecule has 20 heavy (non-hydrogen) atoms. The minimum Gasteiger partial charge on any atom is -0.378 e. The maximum Gasteiger partial charge on any atom is 0.132 e. The number of halogens is 2. The van der Waals surface area contributed by atoms with Crippen LogP contribution < -0.4 is 5.32 Å². The molecule has 0 aliphatic carbocycles. The van der Waals surface area contributed by atoms with Crippen LogP contribution in [-0.2, 0) is 4.79 Å². The number of carbonyl (C=O) groups excluding carboxylic acids is 1. The van der Waals surface area contributed by atoms with Crippen LogP contribution in [0.5, 0.6) is 0 Å². The molecule has 0 aliphatic rings. The Labute approximate surface area is 116 Å². The first-order valence-electron chi connectivity index (χ1n) is 6.31. The molecular formula is C16H15F2NO. The maximum absolute atomic E-state index is 13.2. The zero-order valence-electron chi connectivity index (χ0n) is 11.1. The van der Waals surface area contributed by atoms with Crippen LogP contribution in [0.15, 0.2) is 48.5 Å². The highest BCUT2D eigenvalue weighted by Crippen LogP contribution is 2.23. The molecule has 0 saturated carbocycles. The van der Waals surface area contributed by atoms with Gasteiger partial charge in [-0.2, -0.15) is 0 Å². The van der Waals surface area contributed by atoms with Gasteiger partial charge in [0, 0.05) is 12.1 Å². The molecule has 2 rings (SSSR count). The molecule has 1 unspecified atom stereocenters. The third kappa shape index (κ3) is 3.88. The second-order valence-corrected chi connectivity index (χ2v) is 4.66. The van der Waals surface area contributed by atoms with Gasteiger partial charge in [-0.1, -0.05) is 18.2 Å². The fourth-order valence-electron chi connectivity index (χ4n) is 2.01. The third-order valence-electron chi connectivity index (χ3n) is 2.93. The molecule has 1 atom stereocenters. The SMILES string of the molecule is CC(=O)CC(Nc1cccc(F)c1)c1ccc(F)cc1. The minimum absolute atomic E-state index is 0.00299. The van der Waals surface area contributed by atoms with Crippen LogP contribution in [0.25, 0.3) is 0 Å². The summed E-state index contributed by atoms with van der Waals surface area (Å²) < 4.78 is 26.1. The Bertz CT molecular complexity index is 596. The van der Waals surface area contributed by atoms with Gasteiger partial charge in [-0.05, 0) is 42.8 Å². The second kappa shape index (κ2) is 6.28. The Morgan fingerprint density at radius 3 is 2.40 bits per heavy atom. The summed E-state index contributed by atoms with van der Waals surface area (Å²) in [4.78, 5) is 11.4. The van der Waals surface area contributed by atoms with Crippen molar-refractivity contribution in [3.63, 3.8) is 0 Å². The smallest absolute Gasteiger partial charge is 0.132 e. The van der Waals surface area contributed by atoms with Crippen LogP contribution in [-0.4, -0.2) is 5.78 Å². The number of hydrogen-bond donors (Lipinski definition) is 1. The Kier molecular flexibility index (Phi) is 4.45. The molecule has 0 spiro atoms. The summed E-state index contributed by atoms with van der Waals surface area (Å²) in [5.41, 5.74) is 1.37. The highest BCUT2D eigenvalue weighted by Gasteiger charge is 2.14. The van der Waals surface area contributed by atoms with Crippen molar-refractivity contribution < 1.29 is 13.6 Å². The summed E-state index contributed by atoms with van der Waals surface area (Å²) in [7, 11) is 0. The van der Waals surface area contributed by atoms with Crippen LogP contribution in [0.3, 0.4) is 0 Å². The second-order valence-electron chi connectivity index (χ2n) is 4.66. The van der Waals surface area contributed by atoms with Gasteiger partial charge in [0.2, 0.25) is 0 Å². The van der Waals surface area contributed by atoms with E-state index in [1.807, 2.05) is 0 Å². The van der Waals surface area contributed by atoms with E-state index in [2.05, 4.69) is 5.32 Å². The van der Waals surface area contributed by atoms with Gasteiger partial charge in [-0.15, -0.1) is 0 Å². The number of nitrogens with one attached hydrogen (secondary N) is 1. The van der Waals surface area contributed by atoms with Crippen molar-refractivity contribution in [1.82, 2.24) is 0 Å². The zero-order chi connectivity index (χ0) is 14.5. The Morgan fingerprint density at radius 1 is 1.10 bits per heavy atom. The first kappa shape index (κ1) is 14.2. The van der Waals surface area contributed by atoms with Gasteiger partial charge >= 0.3 is 0 Å². The lowest BCUT2D eigenvalue weighted by molar-refractivity contribution is -0.117. The molecule has 0 bridgehead atoms. The van der Waals surface area contributed by atoms with E-state index in [1.165, 1.54) is 31.2 Å². The molecule has 1 N–H and O–H groups in total. The molecule has 0 aliphatic heterocycles. The van der Waals surface area contributed by atoms with E-state index in [1.54, 1.807) is 24.3 Å². The fourth-order valence-corrected chi connectivity index (χ4v) is 2.01. The average Bonchev–Trinajstić information content (AvgIpc) is 2.38. The van der Waals surface area contributed by atoms with Gasteiger partial charge in [0.05, 0.1) is 6.04 Å². The summed E-state index contributed by atoms with van der Waals surface area (Å²) in [5.74, 6) is -0.681. The van der Waals surface area contributed by atoms with Crippen molar-refractivity contribution in [2.24, 2.45) is 0 Å². The first-order chi connectivity index (χ1) is 9.54. The number of ketones is 1. The van der Waals surface area contributed by atoms with Crippen LogP contribution in [0.1, 0.15) is 24.9 Å². The quantitative estimate of drug-likeness (QED) is 0.890. The number of benzene rings is 2. The summed E-state index contributed by atoms with van der Waals surface area (Å²) in [6.45, 7) is 1.49. The highest BCUT2D eigenvalue weighted by molar-refractivity contribution is 5.77. The monoisotopic (exact) mass is 275 g/mol. The van der Waals surface area contributed by atoms with Gasteiger partial charge in [0.1, 0.15) is 17.4 Å². The molecule has 4 heteroatoms. The predicted molar refractivity (Wildman–Crippen MR) is 74.5 cm³/mol. The first-order valence-corrected chi connectivity index (χ1v) is 6.31. The Hall–Kier alpha value is -2.23. The molecule has 2 aromatic carbocycles. The molecule has 0 saturated heterocycles. The topological polar surface area (TPSA) is 29.1 Å².